The molecule has 0 aliphatic rings. The van der Waals surface area contributed by atoms with E-state index in [9.17, 15) is 0 Å². The smallest absolute Gasteiger partial charge is 0.277 e. The first-order valence-electron chi connectivity index (χ1n) is 8.47. The van der Waals surface area contributed by atoms with Gasteiger partial charge in [0, 0.05) is 22.4 Å². The molecule has 2 aromatic heterocycles. The highest BCUT2D eigenvalue weighted by Gasteiger charge is 2.11. The molecule has 0 spiro atoms. The quantitative estimate of drug-likeness (QED) is 0.414. The summed E-state index contributed by atoms with van der Waals surface area (Å²) in [6, 6.07) is 16.3. The highest BCUT2D eigenvalue weighted by atomic mass is 32.2. The van der Waals surface area contributed by atoms with Crippen LogP contribution in [0.15, 0.2) is 63.6 Å². The van der Waals surface area contributed by atoms with Crippen molar-refractivity contribution < 1.29 is 4.42 Å². The molecule has 0 bridgehead atoms. The molecule has 5 nitrogen and oxygen atoms in total. The van der Waals surface area contributed by atoms with Gasteiger partial charge in [-0.25, -0.2) is 4.98 Å². The lowest BCUT2D eigenvalue weighted by Crippen LogP contribution is -1.90. The van der Waals surface area contributed by atoms with Crippen LogP contribution in [0.1, 0.15) is 16.8 Å². The third-order valence-corrected chi connectivity index (χ3v) is 5.53. The molecule has 0 aliphatic carbocycles. The summed E-state index contributed by atoms with van der Waals surface area (Å²) in [5.74, 6) is 1.22. The van der Waals surface area contributed by atoms with Gasteiger partial charge < -0.3 is 9.73 Å². The van der Waals surface area contributed by atoms with Gasteiger partial charge in [0.05, 0.1) is 5.69 Å². The number of thiazole rings is 1. The summed E-state index contributed by atoms with van der Waals surface area (Å²) in [5.41, 5.74) is 5.36. The summed E-state index contributed by atoms with van der Waals surface area (Å²) in [5, 5.41) is 15.1. The van der Waals surface area contributed by atoms with E-state index in [1.807, 2.05) is 36.6 Å². The molecule has 136 valence electrons. The predicted molar refractivity (Wildman–Crippen MR) is 111 cm³/mol. The fraction of sp³-hybridized carbons (Fsp3) is 0.150. The second-order valence-corrected chi connectivity index (χ2v) is 7.95. The first-order valence-corrected chi connectivity index (χ1v) is 10.3. The summed E-state index contributed by atoms with van der Waals surface area (Å²) in [7, 11) is 0. The molecule has 0 saturated carbocycles. The van der Waals surface area contributed by atoms with Crippen LogP contribution in [0.4, 0.5) is 10.8 Å². The highest BCUT2D eigenvalue weighted by Crippen LogP contribution is 2.28. The van der Waals surface area contributed by atoms with Gasteiger partial charge in [0.2, 0.25) is 5.89 Å². The first-order chi connectivity index (χ1) is 13.2. The zero-order chi connectivity index (χ0) is 18.6. The van der Waals surface area contributed by atoms with Crippen molar-refractivity contribution in [2.75, 3.05) is 5.32 Å². The van der Waals surface area contributed by atoms with Gasteiger partial charge in [-0.05, 0) is 38.1 Å². The fourth-order valence-corrected chi connectivity index (χ4v) is 3.98. The SMILES string of the molecule is Cc1ccc(Nc2nc(CSc3nnc(-c4cccc(C)c4)o3)cs2)cc1. The number of aromatic nitrogens is 3. The second-order valence-electron chi connectivity index (χ2n) is 6.17. The van der Waals surface area contributed by atoms with Crippen LogP contribution in [0.5, 0.6) is 0 Å². The van der Waals surface area contributed by atoms with Gasteiger partial charge in [-0.2, -0.15) is 0 Å². The molecular formula is C20H18N4OS2. The van der Waals surface area contributed by atoms with E-state index >= 15 is 0 Å². The van der Waals surface area contributed by atoms with Crippen molar-refractivity contribution in [3.63, 3.8) is 0 Å². The number of nitrogens with zero attached hydrogens (tertiary/aromatic N) is 3. The standard InChI is InChI=1S/C20H18N4OS2/c1-13-6-8-16(9-7-13)21-19-22-17(11-26-19)12-27-20-24-23-18(25-20)15-5-3-4-14(2)10-15/h3-11H,12H2,1-2H3,(H,21,22). The average Bonchev–Trinajstić information content (AvgIpc) is 3.31. The Morgan fingerprint density at radius 1 is 1.04 bits per heavy atom. The summed E-state index contributed by atoms with van der Waals surface area (Å²) >= 11 is 3.08. The molecule has 2 heterocycles. The van der Waals surface area contributed by atoms with Crippen LogP contribution in [0, 0.1) is 13.8 Å². The molecular weight excluding hydrogens is 376 g/mol. The van der Waals surface area contributed by atoms with Crippen molar-refractivity contribution in [3.8, 4) is 11.5 Å². The maximum Gasteiger partial charge on any atom is 0.277 e. The predicted octanol–water partition coefficient (Wildman–Crippen LogP) is 5.85. The van der Waals surface area contributed by atoms with Crippen molar-refractivity contribution in [3.05, 3.63) is 70.7 Å². The number of anilines is 2. The summed E-state index contributed by atoms with van der Waals surface area (Å²) in [4.78, 5) is 4.62. The number of nitrogens with one attached hydrogen (secondary N) is 1. The maximum atomic E-state index is 5.76. The largest absolute Gasteiger partial charge is 0.411 e. The molecule has 2 aromatic carbocycles. The minimum absolute atomic E-state index is 0.543. The van der Waals surface area contributed by atoms with Crippen LogP contribution >= 0.6 is 23.1 Å². The zero-order valence-electron chi connectivity index (χ0n) is 15.0. The van der Waals surface area contributed by atoms with Gasteiger partial charge in [0.15, 0.2) is 5.13 Å². The van der Waals surface area contributed by atoms with Crippen molar-refractivity contribution >= 4 is 33.9 Å². The van der Waals surface area contributed by atoms with E-state index in [1.165, 1.54) is 17.3 Å². The molecule has 7 heteroatoms. The van der Waals surface area contributed by atoms with E-state index in [0.29, 0.717) is 16.9 Å². The number of thioether (sulfide) groups is 1. The third-order valence-electron chi connectivity index (χ3n) is 3.87. The van der Waals surface area contributed by atoms with Crippen LogP contribution in [-0.2, 0) is 5.75 Å². The molecule has 4 rings (SSSR count). The first kappa shape index (κ1) is 17.8. The molecule has 4 aromatic rings. The van der Waals surface area contributed by atoms with Gasteiger partial charge in [0.25, 0.3) is 5.22 Å². The molecule has 0 amide bonds. The Kier molecular flexibility index (Phi) is 5.22. The van der Waals surface area contributed by atoms with Gasteiger partial charge in [-0.3, -0.25) is 0 Å². The van der Waals surface area contributed by atoms with Crippen LogP contribution in [0.2, 0.25) is 0 Å². The normalized spacial score (nSPS) is 10.9. The van der Waals surface area contributed by atoms with Crippen molar-refractivity contribution in [1.82, 2.24) is 15.2 Å². The Labute approximate surface area is 165 Å². The molecule has 1 N–H and O–H groups in total. The molecule has 0 aliphatic heterocycles. The minimum atomic E-state index is 0.543. The number of benzene rings is 2. The van der Waals surface area contributed by atoms with Crippen LogP contribution in [0.3, 0.4) is 0 Å². The Hall–Kier alpha value is -2.64. The summed E-state index contributed by atoms with van der Waals surface area (Å²) < 4.78 is 5.76. The summed E-state index contributed by atoms with van der Waals surface area (Å²) in [6.45, 7) is 4.12. The van der Waals surface area contributed by atoms with Crippen LogP contribution in [0.25, 0.3) is 11.5 Å². The van der Waals surface area contributed by atoms with Crippen LogP contribution in [-0.4, -0.2) is 15.2 Å². The molecule has 0 saturated heterocycles. The Morgan fingerprint density at radius 2 is 1.89 bits per heavy atom. The molecule has 0 radical (unpaired) electrons. The van der Waals surface area contributed by atoms with E-state index in [-0.39, 0.29) is 0 Å². The number of hydrogen-bond acceptors (Lipinski definition) is 7. The number of hydrogen-bond donors (Lipinski definition) is 1. The Bertz CT molecular complexity index is 1040. The Balaban J connectivity index is 1.37. The second kappa shape index (κ2) is 7.94. The van der Waals surface area contributed by atoms with Gasteiger partial charge in [0.1, 0.15) is 0 Å². The monoisotopic (exact) mass is 394 g/mol. The number of rotatable bonds is 6. The van der Waals surface area contributed by atoms with Crippen molar-refractivity contribution in [2.45, 2.75) is 24.8 Å². The topological polar surface area (TPSA) is 63.8 Å². The van der Waals surface area contributed by atoms with Crippen LogP contribution < -0.4 is 5.32 Å². The lowest BCUT2D eigenvalue weighted by atomic mass is 10.1. The van der Waals surface area contributed by atoms with E-state index < -0.39 is 0 Å². The van der Waals surface area contributed by atoms with Gasteiger partial charge in [-0.15, -0.1) is 21.5 Å². The Morgan fingerprint density at radius 3 is 2.70 bits per heavy atom. The molecule has 0 unspecified atom stereocenters. The summed E-state index contributed by atoms with van der Waals surface area (Å²) in [6.07, 6.45) is 0. The molecule has 0 fully saturated rings. The lowest BCUT2D eigenvalue weighted by Gasteiger charge is -2.02. The molecule has 27 heavy (non-hydrogen) atoms. The van der Waals surface area contributed by atoms with Gasteiger partial charge >= 0.3 is 0 Å². The van der Waals surface area contributed by atoms with E-state index in [0.717, 1.165) is 27.6 Å². The highest BCUT2D eigenvalue weighted by molar-refractivity contribution is 7.98. The lowest BCUT2D eigenvalue weighted by molar-refractivity contribution is 0.466. The number of aryl methyl sites for hydroxylation is 2. The van der Waals surface area contributed by atoms with Gasteiger partial charge in [-0.1, -0.05) is 47.2 Å². The third kappa shape index (κ3) is 4.56. The molecule has 0 atom stereocenters. The average molecular weight is 395 g/mol. The zero-order valence-corrected chi connectivity index (χ0v) is 16.6. The maximum absolute atomic E-state index is 5.76. The minimum Gasteiger partial charge on any atom is -0.411 e. The van der Waals surface area contributed by atoms with E-state index in [2.05, 4.69) is 51.7 Å². The fourth-order valence-electron chi connectivity index (χ4n) is 2.49. The van der Waals surface area contributed by atoms with Crippen molar-refractivity contribution in [1.29, 1.82) is 0 Å². The van der Waals surface area contributed by atoms with E-state index in [1.54, 1.807) is 11.3 Å². The van der Waals surface area contributed by atoms with E-state index in [4.69, 9.17) is 4.42 Å². The van der Waals surface area contributed by atoms with Crippen molar-refractivity contribution in [2.24, 2.45) is 0 Å².